The van der Waals surface area contributed by atoms with E-state index >= 15 is 0 Å². The summed E-state index contributed by atoms with van der Waals surface area (Å²) in [5, 5.41) is 5.85. The number of hydrazine groups is 1. The summed E-state index contributed by atoms with van der Waals surface area (Å²) in [7, 11) is 4.24. The van der Waals surface area contributed by atoms with E-state index in [2.05, 4.69) is 90.7 Å². The van der Waals surface area contributed by atoms with Crippen LogP contribution < -0.4 is 0 Å². The van der Waals surface area contributed by atoms with Crippen LogP contribution in [0.1, 0.15) is 57.4 Å². The van der Waals surface area contributed by atoms with Crippen molar-refractivity contribution in [2.75, 3.05) is 7.05 Å². The number of likely N-dealkylation sites (N-methyl/N-ethyl adjacent to an activating group) is 1. The number of aryl methyl sites for hydroxylation is 1. The molecule has 1 saturated carbocycles. The number of hydrogen-bond acceptors (Lipinski definition) is 3. The minimum Gasteiger partial charge on any atom is -0.365 e. The topological polar surface area (TPSA) is 14.7 Å². The summed E-state index contributed by atoms with van der Waals surface area (Å²) in [6.45, 7) is 15.7. The van der Waals surface area contributed by atoms with Crippen LogP contribution in [0.3, 0.4) is 0 Å². The van der Waals surface area contributed by atoms with Gasteiger partial charge in [0.2, 0.25) is 0 Å². The quantitative estimate of drug-likeness (QED) is 0.506. The van der Waals surface area contributed by atoms with Crippen LogP contribution in [0, 0.1) is 0 Å². The monoisotopic (exact) mass is 428 g/mol. The summed E-state index contributed by atoms with van der Waals surface area (Å²) in [5.74, 6) is 0. The number of benzene rings is 1. The van der Waals surface area contributed by atoms with Gasteiger partial charge in [0.25, 0.3) is 0 Å². The van der Waals surface area contributed by atoms with E-state index in [1.165, 1.54) is 52.0 Å². The lowest BCUT2D eigenvalue weighted by Crippen LogP contribution is -2.38. The van der Waals surface area contributed by atoms with Crippen molar-refractivity contribution in [2.24, 2.45) is 7.05 Å². The third-order valence-corrected chi connectivity index (χ3v) is 7.52. The zero-order chi connectivity index (χ0) is 22.6. The Morgan fingerprint density at radius 3 is 2.59 bits per heavy atom. The van der Waals surface area contributed by atoms with Crippen molar-refractivity contribution in [3.8, 4) is 0 Å². The molecule has 2 heterocycles. The van der Waals surface area contributed by atoms with Crippen molar-refractivity contribution in [3.05, 3.63) is 78.4 Å². The van der Waals surface area contributed by atoms with Gasteiger partial charge in [-0.25, -0.2) is 0 Å². The fourth-order valence-electron chi connectivity index (χ4n) is 5.74. The Morgan fingerprint density at radius 2 is 1.88 bits per heavy atom. The van der Waals surface area contributed by atoms with Gasteiger partial charge in [0.15, 0.2) is 0 Å². The highest BCUT2D eigenvalue weighted by molar-refractivity contribution is 5.92. The first-order chi connectivity index (χ1) is 15.4. The minimum absolute atomic E-state index is 0.470. The highest BCUT2D eigenvalue weighted by Crippen LogP contribution is 2.46. The van der Waals surface area contributed by atoms with Crippen molar-refractivity contribution in [1.82, 2.24) is 19.5 Å². The molecule has 0 spiro atoms. The lowest BCUT2D eigenvalue weighted by molar-refractivity contribution is 0.131. The lowest BCUT2D eigenvalue weighted by Gasteiger charge is -2.39. The van der Waals surface area contributed by atoms with Gasteiger partial charge in [0.05, 0.1) is 5.70 Å². The Bertz CT molecular complexity index is 1130. The van der Waals surface area contributed by atoms with E-state index in [-0.39, 0.29) is 0 Å². The molecule has 2 aliphatic carbocycles. The van der Waals surface area contributed by atoms with Crippen LogP contribution in [0.4, 0.5) is 0 Å². The first kappa shape index (κ1) is 21.0. The number of rotatable bonds is 7. The van der Waals surface area contributed by atoms with E-state index in [0.29, 0.717) is 12.1 Å². The standard InChI is InChI=1S/C28H36N4/c1-7-9-19(2)32-28-15-14-23(18-26(28)20(3)30(32)6)31(22-12-13-22)21(4)24-10-8-11-27-25(24)16-17-29(27)5/h8,10-11,16-17,22-23H,2-4,7,9,12-15,18H2,1,5-6H3. The maximum atomic E-state index is 4.65. The molecule has 1 aromatic heterocycles. The molecule has 0 radical (unpaired) electrons. The largest absolute Gasteiger partial charge is 0.365 e. The van der Waals surface area contributed by atoms with Gasteiger partial charge >= 0.3 is 0 Å². The van der Waals surface area contributed by atoms with Crippen molar-refractivity contribution in [1.29, 1.82) is 0 Å². The van der Waals surface area contributed by atoms with Gasteiger partial charge in [-0.15, -0.1) is 0 Å². The van der Waals surface area contributed by atoms with Gasteiger partial charge in [-0.1, -0.05) is 45.2 Å². The highest BCUT2D eigenvalue weighted by Gasteiger charge is 2.41. The smallest absolute Gasteiger partial charge is 0.0553 e. The van der Waals surface area contributed by atoms with Crippen LogP contribution in [0.25, 0.3) is 16.6 Å². The molecule has 0 bridgehead atoms. The fourth-order valence-corrected chi connectivity index (χ4v) is 5.74. The van der Waals surface area contributed by atoms with Crippen LogP contribution in [0.5, 0.6) is 0 Å². The summed E-state index contributed by atoms with van der Waals surface area (Å²) >= 11 is 0. The zero-order valence-corrected chi connectivity index (χ0v) is 19.9. The maximum Gasteiger partial charge on any atom is 0.0553 e. The molecule has 0 saturated heterocycles. The molecule has 1 aromatic carbocycles. The van der Waals surface area contributed by atoms with Crippen molar-refractivity contribution >= 4 is 16.6 Å². The molecule has 4 nitrogen and oxygen atoms in total. The molecule has 1 aliphatic heterocycles. The Labute approximate surface area is 192 Å². The van der Waals surface area contributed by atoms with Crippen LogP contribution in [0.2, 0.25) is 0 Å². The second-order valence-corrected chi connectivity index (χ2v) is 9.67. The Morgan fingerprint density at radius 1 is 1.09 bits per heavy atom. The molecule has 0 N–H and O–H groups in total. The molecule has 168 valence electrons. The third-order valence-electron chi connectivity index (χ3n) is 7.52. The van der Waals surface area contributed by atoms with Gasteiger partial charge in [0.1, 0.15) is 0 Å². The number of nitrogens with zero attached hydrogens (tertiary/aromatic N) is 4. The zero-order valence-electron chi connectivity index (χ0n) is 19.9. The first-order valence-corrected chi connectivity index (χ1v) is 12.1. The van der Waals surface area contributed by atoms with E-state index in [1.54, 1.807) is 0 Å². The van der Waals surface area contributed by atoms with Crippen molar-refractivity contribution in [2.45, 2.75) is 64.0 Å². The molecular formula is C28H36N4. The van der Waals surface area contributed by atoms with Gasteiger partial charge in [-0.3, -0.25) is 10.0 Å². The predicted octanol–water partition coefficient (Wildman–Crippen LogP) is 6.41. The lowest BCUT2D eigenvalue weighted by atomic mass is 9.89. The summed E-state index contributed by atoms with van der Waals surface area (Å²) in [4.78, 5) is 2.66. The number of hydrogen-bond donors (Lipinski definition) is 0. The predicted molar refractivity (Wildman–Crippen MR) is 134 cm³/mol. The van der Waals surface area contributed by atoms with E-state index in [0.717, 1.165) is 37.8 Å². The Hall–Kier alpha value is -2.88. The van der Waals surface area contributed by atoms with E-state index < -0.39 is 0 Å². The SMILES string of the molecule is C=C(c1cccc2c1ccn2C)N(C1CC1)C1CCC2=C(C1)C(=C)N(C)N2C(=C)CCC. The summed E-state index contributed by atoms with van der Waals surface area (Å²) < 4.78 is 2.20. The van der Waals surface area contributed by atoms with Crippen molar-refractivity contribution < 1.29 is 0 Å². The normalized spacial score (nSPS) is 20.8. The number of aromatic nitrogens is 1. The third kappa shape index (κ3) is 3.28. The Kier molecular flexibility index (Phi) is 5.19. The van der Waals surface area contributed by atoms with E-state index in [4.69, 9.17) is 0 Å². The summed E-state index contributed by atoms with van der Waals surface area (Å²) in [6.07, 6.45) is 10.1. The summed E-state index contributed by atoms with van der Waals surface area (Å²) in [5.41, 5.74) is 8.87. The van der Waals surface area contributed by atoms with Crippen LogP contribution >= 0.6 is 0 Å². The maximum absolute atomic E-state index is 4.65. The second kappa shape index (κ2) is 7.91. The molecule has 2 aromatic rings. The minimum atomic E-state index is 0.470. The molecule has 1 atom stereocenters. The van der Waals surface area contributed by atoms with Gasteiger partial charge in [-0.2, -0.15) is 0 Å². The average molecular weight is 429 g/mol. The van der Waals surface area contributed by atoms with Gasteiger partial charge in [0, 0.05) is 71.5 Å². The van der Waals surface area contributed by atoms with E-state index in [9.17, 15) is 0 Å². The van der Waals surface area contributed by atoms with Crippen LogP contribution in [-0.4, -0.2) is 38.6 Å². The van der Waals surface area contributed by atoms with Crippen molar-refractivity contribution in [3.63, 3.8) is 0 Å². The van der Waals surface area contributed by atoms with Crippen LogP contribution in [-0.2, 0) is 7.05 Å². The molecular weight excluding hydrogens is 392 g/mol. The first-order valence-electron chi connectivity index (χ1n) is 12.1. The number of fused-ring (bicyclic) bond motifs is 1. The van der Waals surface area contributed by atoms with Crippen LogP contribution in [0.15, 0.2) is 72.9 Å². The molecule has 1 unspecified atom stereocenters. The molecule has 1 fully saturated rings. The fraction of sp³-hybridized carbons (Fsp3) is 0.429. The highest BCUT2D eigenvalue weighted by atomic mass is 15.6. The summed E-state index contributed by atoms with van der Waals surface area (Å²) in [6, 6.07) is 9.92. The van der Waals surface area contributed by atoms with Gasteiger partial charge in [-0.05, 0) is 50.7 Å². The molecule has 4 heteroatoms. The molecule has 5 rings (SSSR count). The molecule has 3 aliphatic rings. The molecule has 32 heavy (non-hydrogen) atoms. The van der Waals surface area contributed by atoms with E-state index in [1.807, 2.05) is 0 Å². The molecule has 0 amide bonds. The second-order valence-electron chi connectivity index (χ2n) is 9.67. The average Bonchev–Trinajstić information content (AvgIpc) is 3.50. The van der Waals surface area contributed by atoms with Gasteiger partial charge < -0.3 is 9.47 Å². The number of allylic oxidation sites excluding steroid dienone is 3. The Balaban J connectivity index is 1.45.